The molecule has 4 heteroatoms. The molecule has 1 atom stereocenters. The van der Waals surface area contributed by atoms with Crippen molar-refractivity contribution in [1.82, 2.24) is 5.32 Å². The van der Waals surface area contributed by atoms with E-state index in [-0.39, 0.29) is 17.8 Å². The molecule has 0 aliphatic heterocycles. The molecule has 0 spiro atoms. The van der Waals surface area contributed by atoms with E-state index in [4.69, 9.17) is 4.74 Å². The summed E-state index contributed by atoms with van der Waals surface area (Å²) in [5, 5.41) is 2.71. The van der Waals surface area contributed by atoms with Crippen molar-refractivity contribution in [1.29, 1.82) is 0 Å². The molecule has 0 unspecified atom stereocenters. The zero-order chi connectivity index (χ0) is 12.8. The van der Waals surface area contributed by atoms with Crippen LogP contribution in [0, 0.1) is 11.8 Å². The highest BCUT2D eigenvalue weighted by molar-refractivity contribution is 5.85. The molecule has 1 aliphatic carbocycles. The largest absolute Gasteiger partial charge is 0.464 e. The molecule has 4 nitrogen and oxygen atoms in total. The second kappa shape index (κ2) is 6.62. The average Bonchev–Trinajstić information content (AvgIpc) is 2.13. The van der Waals surface area contributed by atoms with Crippen molar-refractivity contribution < 1.29 is 14.3 Å². The van der Waals surface area contributed by atoms with Crippen LogP contribution in [-0.2, 0) is 14.3 Å². The quantitative estimate of drug-likeness (QED) is 0.722. The number of carbonyl (C=O) groups is 2. The van der Waals surface area contributed by atoms with Gasteiger partial charge in [0.2, 0.25) is 5.91 Å². The first kappa shape index (κ1) is 14.0. The summed E-state index contributed by atoms with van der Waals surface area (Å²) >= 11 is 0. The molecule has 1 rings (SSSR count). The predicted molar refractivity (Wildman–Crippen MR) is 65.4 cm³/mol. The van der Waals surface area contributed by atoms with E-state index in [1.165, 1.54) is 0 Å². The molecule has 1 aliphatic rings. The van der Waals surface area contributed by atoms with Crippen molar-refractivity contribution in [3.05, 3.63) is 0 Å². The van der Waals surface area contributed by atoms with E-state index in [1.54, 1.807) is 6.92 Å². The summed E-state index contributed by atoms with van der Waals surface area (Å²) in [5.74, 6) is 0.284. The van der Waals surface area contributed by atoms with Crippen LogP contribution in [0.2, 0.25) is 0 Å². The first-order valence-corrected chi connectivity index (χ1v) is 6.47. The summed E-state index contributed by atoms with van der Waals surface area (Å²) in [6.45, 7) is 6.26. The van der Waals surface area contributed by atoms with Gasteiger partial charge in [0.05, 0.1) is 6.61 Å². The molecule has 1 N–H and O–H groups in total. The third kappa shape index (κ3) is 4.75. The lowest BCUT2D eigenvalue weighted by Crippen LogP contribution is -2.44. The molecule has 1 amide bonds. The molecule has 0 aromatic rings. The molecule has 1 saturated carbocycles. The number of carbonyl (C=O) groups excluding carboxylic acids is 2. The molecule has 0 saturated heterocycles. The fourth-order valence-corrected chi connectivity index (χ4v) is 1.58. The fraction of sp³-hybridized carbons (Fsp3) is 0.846. The second-order valence-corrected chi connectivity index (χ2v) is 5.21. The van der Waals surface area contributed by atoms with Crippen molar-refractivity contribution in [2.24, 2.45) is 11.8 Å². The normalized spacial score (nSPS) is 17.4. The first-order valence-electron chi connectivity index (χ1n) is 6.47. The smallest absolute Gasteiger partial charge is 0.328 e. The highest BCUT2D eigenvalue weighted by atomic mass is 16.5. The number of hydrogen-bond acceptors (Lipinski definition) is 3. The van der Waals surface area contributed by atoms with Crippen LogP contribution in [0.5, 0.6) is 0 Å². The molecule has 0 bridgehead atoms. The van der Waals surface area contributed by atoms with Gasteiger partial charge in [-0.15, -0.1) is 0 Å². The second-order valence-electron chi connectivity index (χ2n) is 5.21. The average molecular weight is 241 g/mol. The van der Waals surface area contributed by atoms with E-state index >= 15 is 0 Å². The highest BCUT2D eigenvalue weighted by Crippen LogP contribution is 2.26. The number of hydrogen-bond donors (Lipinski definition) is 1. The maximum Gasteiger partial charge on any atom is 0.328 e. The minimum Gasteiger partial charge on any atom is -0.464 e. The van der Waals surface area contributed by atoms with Crippen molar-refractivity contribution in [3.8, 4) is 0 Å². The van der Waals surface area contributed by atoms with Gasteiger partial charge in [-0.05, 0) is 32.1 Å². The van der Waals surface area contributed by atoms with Gasteiger partial charge >= 0.3 is 5.97 Å². The minimum absolute atomic E-state index is 0.00967. The van der Waals surface area contributed by atoms with E-state index in [2.05, 4.69) is 19.2 Å². The summed E-state index contributed by atoms with van der Waals surface area (Å²) < 4.78 is 5.09. The first-order chi connectivity index (χ1) is 8.00. The number of amides is 1. The Kier molecular flexibility index (Phi) is 5.45. The third-order valence-electron chi connectivity index (χ3n) is 3.13. The van der Waals surface area contributed by atoms with E-state index in [9.17, 15) is 9.59 Å². The van der Waals surface area contributed by atoms with Crippen LogP contribution < -0.4 is 5.32 Å². The Labute approximate surface area is 103 Å². The van der Waals surface area contributed by atoms with Gasteiger partial charge in [-0.1, -0.05) is 20.3 Å². The Morgan fingerprint density at radius 3 is 2.41 bits per heavy atom. The highest BCUT2D eigenvalue weighted by Gasteiger charge is 2.27. The minimum atomic E-state index is -0.532. The van der Waals surface area contributed by atoms with Crippen LogP contribution in [0.4, 0.5) is 0 Å². The molecule has 0 aromatic heterocycles. The van der Waals surface area contributed by atoms with E-state index in [0.717, 1.165) is 25.7 Å². The Morgan fingerprint density at radius 2 is 1.94 bits per heavy atom. The third-order valence-corrected chi connectivity index (χ3v) is 3.13. The van der Waals surface area contributed by atoms with Crippen LogP contribution in [0.25, 0.3) is 0 Å². The van der Waals surface area contributed by atoms with Crippen LogP contribution in [0.15, 0.2) is 0 Å². The van der Waals surface area contributed by atoms with Gasteiger partial charge in [0, 0.05) is 5.92 Å². The van der Waals surface area contributed by atoms with Crippen LogP contribution >= 0.6 is 0 Å². The standard InChI is InChI=1S/C13H23NO3/c1-9(2)7-8-17-13(16)10(3)14-12(15)11-5-4-6-11/h9-11H,4-8H2,1-3H3,(H,14,15)/t10-/m0/s1. The van der Waals surface area contributed by atoms with Crippen molar-refractivity contribution in [2.75, 3.05) is 6.61 Å². The molecular formula is C13H23NO3. The fourth-order valence-electron chi connectivity index (χ4n) is 1.58. The molecule has 98 valence electrons. The number of ether oxygens (including phenoxy) is 1. The number of rotatable bonds is 6. The molecule has 17 heavy (non-hydrogen) atoms. The van der Waals surface area contributed by atoms with Gasteiger partial charge in [-0.25, -0.2) is 4.79 Å². The topological polar surface area (TPSA) is 55.4 Å². The Bertz CT molecular complexity index is 272. The summed E-state index contributed by atoms with van der Waals surface area (Å²) in [7, 11) is 0. The maximum atomic E-state index is 11.6. The predicted octanol–water partition coefficient (Wildman–Crippen LogP) is 1.88. The van der Waals surface area contributed by atoms with Gasteiger partial charge in [-0.3, -0.25) is 4.79 Å². The Balaban J connectivity index is 2.19. The van der Waals surface area contributed by atoms with Crippen molar-refractivity contribution in [3.63, 3.8) is 0 Å². The van der Waals surface area contributed by atoms with E-state index in [1.807, 2.05) is 0 Å². The van der Waals surface area contributed by atoms with Crippen LogP contribution in [0.1, 0.15) is 46.5 Å². The van der Waals surface area contributed by atoms with Gasteiger partial charge in [0.15, 0.2) is 0 Å². The summed E-state index contributed by atoms with van der Waals surface area (Å²) in [5.41, 5.74) is 0. The van der Waals surface area contributed by atoms with Crippen molar-refractivity contribution in [2.45, 2.75) is 52.5 Å². The Hall–Kier alpha value is -1.06. The molecule has 1 fully saturated rings. The monoisotopic (exact) mass is 241 g/mol. The lowest BCUT2D eigenvalue weighted by molar-refractivity contribution is -0.148. The molecule has 0 heterocycles. The molecular weight excluding hydrogens is 218 g/mol. The Morgan fingerprint density at radius 1 is 1.29 bits per heavy atom. The molecule has 0 radical (unpaired) electrons. The van der Waals surface area contributed by atoms with Crippen LogP contribution in [0.3, 0.4) is 0 Å². The lowest BCUT2D eigenvalue weighted by atomic mass is 9.84. The number of esters is 1. The lowest BCUT2D eigenvalue weighted by Gasteiger charge is -2.25. The summed E-state index contributed by atoms with van der Waals surface area (Å²) in [4.78, 5) is 23.2. The zero-order valence-corrected chi connectivity index (χ0v) is 11.0. The van der Waals surface area contributed by atoms with Gasteiger partial charge in [-0.2, -0.15) is 0 Å². The molecule has 0 aromatic carbocycles. The summed E-state index contributed by atoms with van der Waals surface area (Å²) in [6.07, 6.45) is 3.86. The zero-order valence-electron chi connectivity index (χ0n) is 11.0. The van der Waals surface area contributed by atoms with Gasteiger partial charge < -0.3 is 10.1 Å². The van der Waals surface area contributed by atoms with E-state index < -0.39 is 6.04 Å². The van der Waals surface area contributed by atoms with E-state index in [0.29, 0.717) is 12.5 Å². The van der Waals surface area contributed by atoms with Crippen LogP contribution in [-0.4, -0.2) is 24.5 Å². The number of nitrogens with one attached hydrogen (secondary N) is 1. The van der Waals surface area contributed by atoms with Gasteiger partial charge in [0.25, 0.3) is 0 Å². The summed E-state index contributed by atoms with van der Waals surface area (Å²) in [6, 6.07) is -0.532. The SMILES string of the molecule is CC(C)CCOC(=O)[C@H](C)NC(=O)C1CCC1. The van der Waals surface area contributed by atoms with Gasteiger partial charge in [0.1, 0.15) is 6.04 Å². The van der Waals surface area contributed by atoms with Crippen molar-refractivity contribution >= 4 is 11.9 Å². The maximum absolute atomic E-state index is 11.6.